The van der Waals surface area contributed by atoms with Crippen LogP contribution in [0.25, 0.3) is 0 Å². The molecule has 10 heavy (non-hydrogen) atoms. The summed E-state index contributed by atoms with van der Waals surface area (Å²) in [6.45, 7) is 3.69. The van der Waals surface area contributed by atoms with E-state index < -0.39 is 0 Å². The molecule has 0 aromatic rings. The lowest BCUT2D eigenvalue weighted by molar-refractivity contribution is 0.446. The lowest BCUT2D eigenvalue weighted by Gasteiger charge is -2.11. The average molecular weight is 249 g/mol. The number of hydrogen-bond acceptors (Lipinski definition) is 1. The zero-order chi connectivity index (χ0) is 7.56. The van der Waals surface area contributed by atoms with Crippen LogP contribution in [0.5, 0.6) is 0 Å². The molecule has 1 fully saturated rings. The SMILES string of the molecule is C=C/C(I)=C\N(C)C1CC1. The quantitative estimate of drug-likeness (QED) is 0.548. The maximum absolute atomic E-state index is 3.69. The Kier molecular flexibility index (Phi) is 2.77. The van der Waals surface area contributed by atoms with Crippen molar-refractivity contribution in [2.45, 2.75) is 18.9 Å². The predicted molar refractivity (Wildman–Crippen MR) is 53.1 cm³/mol. The summed E-state index contributed by atoms with van der Waals surface area (Å²) < 4.78 is 1.21. The summed E-state index contributed by atoms with van der Waals surface area (Å²) in [5.74, 6) is 0. The van der Waals surface area contributed by atoms with Gasteiger partial charge in [0.1, 0.15) is 0 Å². The van der Waals surface area contributed by atoms with Gasteiger partial charge in [-0.3, -0.25) is 0 Å². The van der Waals surface area contributed by atoms with Crippen LogP contribution in [-0.2, 0) is 0 Å². The van der Waals surface area contributed by atoms with Crippen LogP contribution in [0.1, 0.15) is 12.8 Å². The van der Waals surface area contributed by atoms with E-state index in [1.807, 2.05) is 6.08 Å². The molecule has 0 bridgehead atoms. The minimum Gasteiger partial charge on any atom is -0.377 e. The molecule has 1 saturated carbocycles. The first-order valence-electron chi connectivity index (χ1n) is 3.45. The van der Waals surface area contributed by atoms with Gasteiger partial charge in [-0.2, -0.15) is 0 Å². The Morgan fingerprint density at radius 2 is 2.30 bits per heavy atom. The molecule has 0 heterocycles. The summed E-state index contributed by atoms with van der Waals surface area (Å²) in [5.41, 5.74) is 0. The fourth-order valence-electron chi connectivity index (χ4n) is 0.834. The molecule has 0 radical (unpaired) electrons. The first-order chi connectivity index (χ1) is 4.74. The Labute approximate surface area is 75.9 Å². The van der Waals surface area contributed by atoms with Gasteiger partial charge in [0.15, 0.2) is 0 Å². The van der Waals surface area contributed by atoms with E-state index in [1.54, 1.807) is 0 Å². The van der Waals surface area contributed by atoms with Crippen molar-refractivity contribution in [3.05, 3.63) is 22.4 Å². The van der Waals surface area contributed by atoms with Crippen LogP contribution in [0.2, 0.25) is 0 Å². The van der Waals surface area contributed by atoms with E-state index in [-0.39, 0.29) is 0 Å². The van der Waals surface area contributed by atoms with E-state index in [0.29, 0.717) is 0 Å². The number of allylic oxidation sites excluding steroid dienone is 2. The molecule has 1 rings (SSSR count). The fourth-order valence-corrected chi connectivity index (χ4v) is 1.27. The minimum atomic E-state index is 0.810. The summed E-state index contributed by atoms with van der Waals surface area (Å²) in [5, 5.41) is 0. The molecule has 1 aliphatic carbocycles. The van der Waals surface area contributed by atoms with Gasteiger partial charge in [0.05, 0.1) is 0 Å². The molecule has 0 N–H and O–H groups in total. The number of nitrogens with zero attached hydrogens (tertiary/aromatic N) is 1. The largest absolute Gasteiger partial charge is 0.377 e. The summed E-state index contributed by atoms with van der Waals surface area (Å²) in [4.78, 5) is 2.27. The molecule has 2 heteroatoms. The van der Waals surface area contributed by atoms with E-state index in [0.717, 1.165) is 6.04 Å². The standard InChI is InChI=1S/C8H12IN/c1-3-7(9)6-10(2)8-4-5-8/h3,6,8H,1,4-5H2,2H3/b7-6+. The van der Waals surface area contributed by atoms with Gasteiger partial charge in [0.25, 0.3) is 0 Å². The van der Waals surface area contributed by atoms with Crippen molar-refractivity contribution in [2.24, 2.45) is 0 Å². The molecule has 0 aliphatic heterocycles. The molecule has 0 saturated heterocycles. The maximum Gasteiger partial charge on any atom is 0.0283 e. The number of hydrogen-bond donors (Lipinski definition) is 0. The minimum absolute atomic E-state index is 0.810. The second-order valence-corrected chi connectivity index (χ2v) is 3.86. The highest BCUT2D eigenvalue weighted by Gasteiger charge is 2.23. The molecular formula is C8H12IN. The Hall–Kier alpha value is 0.01000. The molecular weight excluding hydrogens is 237 g/mol. The third-order valence-corrected chi connectivity index (χ3v) is 2.36. The van der Waals surface area contributed by atoms with Crippen LogP contribution in [0.15, 0.2) is 22.4 Å². The predicted octanol–water partition coefficient (Wildman–Crippen LogP) is 2.54. The smallest absolute Gasteiger partial charge is 0.0283 e. The van der Waals surface area contributed by atoms with Gasteiger partial charge in [0.2, 0.25) is 0 Å². The highest BCUT2D eigenvalue weighted by atomic mass is 127. The van der Waals surface area contributed by atoms with Crippen molar-refractivity contribution in [1.29, 1.82) is 0 Å². The van der Waals surface area contributed by atoms with Crippen LogP contribution in [0.3, 0.4) is 0 Å². The molecule has 0 unspecified atom stereocenters. The van der Waals surface area contributed by atoms with Gasteiger partial charge < -0.3 is 4.90 Å². The maximum atomic E-state index is 3.69. The topological polar surface area (TPSA) is 3.24 Å². The number of halogens is 1. The molecule has 0 aromatic carbocycles. The van der Waals surface area contributed by atoms with Crippen molar-refractivity contribution < 1.29 is 0 Å². The fraction of sp³-hybridized carbons (Fsp3) is 0.500. The second-order valence-electron chi connectivity index (χ2n) is 2.61. The zero-order valence-electron chi connectivity index (χ0n) is 6.18. The lowest BCUT2D eigenvalue weighted by Crippen LogP contribution is -2.12. The van der Waals surface area contributed by atoms with Crippen molar-refractivity contribution in [1.82, 2.24) is 4.90 Å². The van der Waals surface area contributed by atoms with Gasteiger partial charge >= 0.3 is 0 Å². The molecule has 0 spiro atoms. The third-order valence-electron chi connectivity index (χ3n) is 1.64. The Morgan fingerprint density at radius 1 is 1.70 bits per heavy atom. The molecule has 56 valence electrons. The highest BCUT2D eigenvalue weighted by Crippen LogP contribution is 2.26. The average Bonchev–Trinajstić information content (AvgIpc) is 2.68. The molecule has 0 amide bonds. The Balaban J connectivity index is 2.40. The van der Waals surface area contributed by atoms with E-state index in [2.05, 4.69) is 47.3 Å². The van der Waals surface area contributed by atoms with Gasteiger partial charge in [-0.05, 0) is 35.4 Å². The highest BCUT2D eigenvalue weighted by molar-refractivity contribution is 14.1. The monoisotopic (exact) mass is 249 g/mol. The molecule has 0 atom stereocenters. The first kappa shape index (κ1) is 8.11. The van der Waals surface area contributed by atoms with Crippen LogP contribution >= 0.6 is 22.6 Å². The molecule has 1 nitrogen and oxygen atoms in total. The lowest BCUT2D eigenvalue weighted by atomic mass is 10.5. The van der Waals surface area contributed by atoms with Crippen molar-refractivity contribution >= 4 is 22.6 Å². The Bertz CT molecular complexity index is 159. The van der Waals surface area contributed by atoms with Crippen LogP contribution in [0, 0.1) is 0 Å². The van der Waals surface area contributed by atoms with Crippen molar-refractivity contribution in [3.63, 3.8) is 0 Å². The van der Waals surface area contributed by atoms with E-state index in [9.17, 15) is 0 Å². The number of rotatable bonds is 3. The van der Waals surface area contributed by atoms with Crippen LogP contribution in [-0.4, -0.2) is 18.0 Å². The van der Waals surface area contributed by atoms with Crippen LogP contribution in [0.4, 0.5) is 0 Å². The van der Waals surface area contributed by atoms with Gasteiger partial charge in [0, 0.05) is 22.9 Å². The van der Waals surface area contributed by atoms with Gasteiger partial charge in [-0.15, -0.1) is 0 Å². The van der Waals surface area contributed by atoms with Crippen molar-refractivity contribution in [2.75, 3.05) is 7.05 Å². The van der Waals surface area contributed by atoms with E-state index >= 15 is 0 Å². The zero-order valence-corrected chi connectivity index (χ0v) is 8.34. The van der Waals surface area contributed by atoms with Crippen molar-refractivity contribution in [3.8, 4) is 0 Å². The van der Waals surface area contributed by atoms with Gasteiger partial charge in [-0.1, -0.05) is 12.7 Å². The Morgan fingerprint density at radius 3 is 2.70 bits per heavy atom. The van der Waals surface area contributed by atoms with Crippen LogP contribution < -0.4 is 0 Å². The summed E-state index contributed by atoms with van der Waals surface area (Å²) in [7, 11) is 2.12. The van der Waals surface area contributed by atoms with E-state index in [1.165, 1.54) is 16.4 Å². The third kappa shape index (κ3) is 2.33. The molecule has 1 aliphatic rings. The summed E-state index contributed by atoms with van der Waals surface area (Å²) in [6, 6.07) is 0.810. The second kappa shape index (κ2) is 3.42. The first-order valence-corrected chi connectivity index (χ1v) is 4.53. The van der Waals surface area contributed by atoms with Gasteiger partial charge in [-0.25, -0.2) is 0 Å². The molecule has 0 aromatic heterocycles. The summed E-state index contributed by atoms with van der Waals surface area (Å²) in [6.07, 6.45) is 6.73. The van der Waals surface area contributed by atoms with E-state index in [4.69, 9.17) is 0 Å². The normalized spacial score (nSPS) is 18.8. The summed E-state index contributed by atoms with van der Waals surface area (Å²) >= 11 is 2.28.